The number of hydrogen-bond acceptors (Lipinski definition) is 3. The van der Waals surface area contributed by atoms with Gasteiger partial charge in [-0.2, -0.15) is 23.7 Å². The Morgan fingerprint density at radius 1 is 1.19 bits per heavy atom. The number of rotatable bonds is 5. The summed E-state index contributed by atoms with van der Waals surface area (Å²) in [4.78, 5) is 1.47. The second-order valence-electron chi connectivity index (χ2n) is 3.61. The van der Waals surface area contributed by atoms with E-state index < -0.39 is 12.1 Å². The van der Waals surface area contributed by atoms with Gasteiger partial charge in [-0.25, -0.2) is 0 Å². The lowest BCUT2D eigenvalue weighted by Crippen LogP contribution is -2.38. The third-order valence-corrected chi connectivity index (χ3v) is 2.19. The Balaban J connectivity index is 4.43. The van der Waals surface area contributed by atoms with Crippen molar-refractivity contribution in [1.82, 2.24) is 4.90 Å². The van der Waals surface area contributed by atoms with E-state index in [1.807, 2.05) is 6.07 Å². The van der Waals surface area contributed by atoms with Gasteiger partial charge in [0.05, 0.1) is 18.1 Å². The molecule has 0 aromatic carbocycles. The highest BCUT2D eigenvalue weighted by atomic mass is 19.4. The van der Waals surface area contributed by atoms with E-state index >= 15 is 0 Å². The minimum absolute atomic E-state index is 0.251. The molecule has 0 fully saturated rings. The molecule has 0 rings (SSSR count). The molecule has 0 aromatic heterocycles. The van der Waals surface area contributed by atoms with Gasteiger partial charge in [-0.05, 0) is 13.5 Å². The summed E-state index contributed by atoms with van der Waals surface area (Å²) < 4.78 is 37.0. The molecule has 0 aliphatic rings. The van der Waals surface area contributed by atoms with Crippen LogP contribution in [0.2, 0.25) is 0 Å². The highest BCUT2D eigenvalue weighted by Gasteiger charge is 2.40. The van der Waals surface area contributed by atoms with Crippen LogP contribution < -0.4 is 0 Å². The molecule has 0 aliphatic heterocycles. The van der Waals surface area contributed by atoms with E-state index in [2.05, 4.69) is 0 Å². The number of halogens is 3. The lowest BCUT2D eigenvalue weighted by atomic mass is 10.1. The Kier molecular flexibility index (Phi) is 5.84. The molecule has 0 amide bonds. The smallest absolute Gasteiger partial charge is 0.301 e. The maximum absolute atomic E-state index is 12.3. The predicted molar refractivity (Wildman–Crippen MR) is 52.0 cm³/mol. The fourth-order valence-electron chi connectivity index (χ4n) is 1.24. The van der Waals surface area contributed by atoms with E-state index in [9.17, 15) is 13.2 Å². The van der Waals surface area contributed by atoms with Gasteiger partial charge >= 0.3 is 6.18 Å². The first-order valence-corrected chi connectivity index (χ1v) is 4.93. The quantitative estimate of drug-likeness (QED) is 0.731. The Morgan fingerprint density at radius 3 is 2.06 bits per heavy atom. The largest absolute Gasteiger partial charge is 0.405 e. The summed E-state index contributed by atoms with van der Waals surface area (Å²) in [7, 11) is 0. The van der Waals surface area contributed by atoms with Gasteiger partial charge in [0.15, 0.2) is 5.92 Å². The lowest BCUT2D eigenvalue weighted by Gasteiger charge is -2.24. The first kappa shape index (κ1) is 14.7. The molecule has 0 heterocycles. The summed E-state index contributed by atoms with van der Waals surface area (Å²) in [6.45, 7) is 3.61. The Morgan fingerprint density at radius 2 is 1.75 bits per heavy atom. The predicted octanol–water partition coefficient (Wildman–Crippen LogP) is 2.17. The lowest BCUT2D eigenvalue weighted by molar-refractivity contribution is -0.163. The van der Waals surface area contributed by atoms with Crippen LogP contribution in [0.3, 0.4) is 0 Å². The highest BCUT2D eigenvalue weighted by molar-refractivity contribution is 4.91. The number of alkyl halides is 3. The molecule has 0 bridgehead atoms. The molecule has 2 unspecified atom stereocenters. The number of nitrogens with zero attached hydrogens (tertiary/aromatic N) is 3. The highest BCUT2D eigenvalue weighted by Crippen LogP contribution is 2.26. The third kappa shape index (κ3) is 4.99. The number of nitriles is 2. The summed E-state index contributed by atoms with van der Waals surface area (Å²) in [5.41, 5.74) is 0. The van der Waals surface area contributed by atoms with Crippen LogP contribution in [0.15, 0.2) is 0 Å². The van der Waals surface area contributed by atoms with Gasteiger partial charge in [-0.3, -0.25) is 0 Å². The molecule has 3 nitrogen and oxygen atoms in total. The van der Waals surface area contributed by atoms with Gasteiger partial charge in [0.25, 0.3) is 0 Å². The molecule has 0 radical (unpaired) electrons. The van der Waals surface area contributed by atoms with Crippen LogP contribution in [-0.2, 0) is 0 Å². The van der Waals surface area contributed by atoms with Gasteiger partial charge in [-0.15, -0.1) is 0 Å². The SMILES string of the molecule is CCN(CC(C)C#N)CC(C#N)C(F)(F)F. The van der Waals surface area contributed by atoms with Crippen LogP contribution >= 0.6 is 0 Å². The van der Waals surface area contributed by atoms with Crippen molar-refractivity contribution in [2.24, 2.45) is 11.8 Å². The topological polar surface area (TPSA) is 50.8 Å². The van der Waals surface area contributed by atoms with Crippen molar-refractivity contribution in [2.75, 3.05) is 19.6 Å². The fourth-order valence-corrected chi connectivity index (χ4v) is 1.24. The average molecular weight is 233 g/mol. The average Bonchev–Trinajstić information content (AvgIpc) is 2.21. The second-order valence-corrected chi connectivity index (χ2v) is 3.61. The van der Waals surface area contributed by atoms with Gasteiger partial charge < -0.3 is 4.90 Å². The first-order chi connectivity index (χ1) is 7.35. The molecular formula is C10H14F3N3. The van der Waals surface area contributed by atoms with Crippen molar-refractivity contribution < 1.29 is 13.2 Å². The normalized spacial score (nSPS) is 15.2. The maximum Gasteiger partial charge on any atom is 0.405 e. The van der Waals surface area contributed by atoms with Gasteiger partial charge in [0.1, 0.15) is 0 Å². The van der Waals surface area contributed by atoms with Crippen molar-refractivity contribution in [3.05, 3.63) is 0 Å². The van der Waals surface area contributed by atoms with Crippen LogP contribution in [0, 0.1) is 34.5 Å². The zero-order valence-electron chi connectivity index (χ0n) is 9.25. The van der Waals surface area contributed by atoms with Gasteiger partial charge in [0, 0.05) is 13.1 Å². The van der Waals surface area contributed by atoms with Crippen molar-refractivity contribution in [1.29, 1.82) is 10.5 Å². The van der Waals surface area contributed by atoms with Crippen molar-refractivity contribution >= 4 is 0 Å². The van der Waals surface area contributed by atoms with E-state index in [-0.39, 0.29) is 19.0 Å². The first-order valence-electron chi connectivity index (χ1n) is 4.93. The summed E-state index contributed by atoms with van der Waals surface area (Å²) in [5, 5.41) is 17.0. The van der Waals surface area contributed by atoms with E-state index in [1.165, 1.54) is 11.0 Å². The van der Waals surface area contributed by atoms with E-state index in [1.54, 1.807) is 13.8 Å². The van der Waals surface area contributed by atoms with E-state index in [4.69, 9.17) is 10.5 Å². The zero-order chi connectivity index (χ0) is 12.8. The minimum Gasteiger partial charge on any atom is -0.301 e. The van der Waals surface area contributed by atoms with Crippen molar-refractivity contribution in [3.8, 4) is 12.1 Å². The summed E-state index contributed by atoms with van der Waals surface area (Å²) in [6, 6.07) is 3.20. The van der Waals surface area contributed by atoms with Crippen LogP contribution in [-0.4, -0.2) is 30.7 Å². The van der Waals surface area contributed by atoms with E-state index in [0.29, 0.717) is 6.54 Å². The minimum atomic E-state index is -4.50. The van der Waals surface area contributed by atoms with Crippen LogP contribution in [0.4, 0.5) is 13.2 Å². The monoisotopic (exact) mass is 233 g/mol. The summed E-state index contributed by atoms with van der Waals surface area (Å²) in [6.07, 6.45) is -4.50. The standard InChI is InChI=1S/C10H14F3N3/c1-3-16(6-8(2)4-14)7-9(5-15)10(11,12)13/h8-9H,3,6-7H2,1-2H3. The molecule has 16 heavy (non-hydrogen) atoms. The molecule has 2 atom stereocenters. The molecule has 0 saturated carbocycles. The molecule has 0 aromatic rings. The Hall–Kier alpha value is -1.27. The molecule has 6 heteroatoms. The van der Waals surface area contributed by atoms with Crippen molar-refractivity contribution in [3.63, 3.8) is 0 Å². The van der Waals surface area contributed by atoms with Crippen molar-refractivity contribution in [2.45, 2.75) is 20.0 Å². The third-order valence-electron chi connectivity index (χ3n) is 2.19. The molecule has 0 spiro atoms. The van der Waals surface area contributed by atoms with Gasteiger partial charge in [0.2, 0.25) is 0 Å². The Bertz CT molecular complexity index is 287. The van der Waals surface area contributed by atoms with Crippen LogP contribution in [0.1, 0.15) is 13.8 Å². The molecule has 0 N–H and O–H groups in total. The van der Waals surface area contributed by atoms with Crippen LogP contribution in [0.25, 0.3) is 0 Å². The maximum atomic E-state index is 12.3. The van der Waals surface area contributed by atoms with E-state index in [0.717, 1.165) is 0 Å². The van der Waals surface area contributed by atoms with Crippen LogP contribution in [0.5, 0.6) is 0 Å². The molecular weight excluding hydrogens is 219 g/mol. The fraction of sp³-hybridized carbons (Fsp3) is 0.800. The molecule has 0 aliphatic carbocycles. The zero-order valence-corrected chi connectivity index (χ0v) is 9.25. The number of hydrogen-bond donors (Lipinski definition) is 0. The Labute approximate surface area is 93.1 Å². The summed E-state index contributed by atoms with van der Waals surface area (Å²) in [5.74, 6) is -2.33. The van der Waals surface area contributed by atoms with Gasteiger partial charge in [-0.1, -0.05) is 6.92 Å². The molecule has 0 saturated heterocycles. The second kappa shape index (κ2) is 6.34. The molecule has 90 valence electrons. The summed E-state index contributed by atoms with van der Waals surface area (Å²) >= 11 is 0.